The first-order valence-corrected chi connectivity index (χ1v) is 6.86. The normalized spacial score (nSPS) is 21.6. The summed E-state index contributed by atoms with van der Waals surface area (Å²) in [6.45, 7) is 5.98. The number of rotatable bonds is 1. The monoisotopic (exact) mass is 282 g/mol. The predicted molar refractivity (Wildman–Crippen MR) is 84.3 cm³/mol. The maximum Gasteiger partial charge on any atom is 0.167 e. The molecule has 1 aliphatic carbocycles. The minimum absolute atomic E-state index is 0.0441. The highest BCUT2D eigenvalue weighted by Crippen LogP contribution is 2.31. The zero-order chi connectivity index (χ0) is 15.4. The van der Waals surface area contributed by atoms with Gasteiger partial charge in [-0.05, 0) is 53.5 Å². The second-order valence-corrected chi connectivity index (χ2v) is 4.87. The Labute approximate surface area is 124 Å². The first-order valence-electron chi connectivity index (χ1n) is 6.86. The Morgan fingerprint density at radius 3 is 2.71 bits per heavy atom. The van der Waals surface area contributed by atoms with E-state index in [4.69, 9.17) is 0 Å². The highest BCUT2D eigenvalue weighted by Gasteiger charge is 2.16. The summed E-state index contributed by atoms with van der Waals surface area (Å²) in [6, 6.07) is 4.69. The topological polar surface area (TPSA) is 57.5 Å². The van der Waals surface area contributed by atoms with E-state index in [2.05, 4.69) is 6.58 Å². The molecule has 0 amide bonds. The van der Waals surface area contributed by atoms with E-state index >= 15 is 0 Å². The van der Waals surface area contributed by atoms with Crippen molar-refractivity contribution >= 4 is 11.4 Å². The zero-order valence-electron chi connectivity index (χ0n) is 12.0. The van der Waals surface area contributed by atoms with Gasteiger partial charge in [-0.15, -0.1) is 0 Å². The van der Waals surface area contributed by atoms with Crippen LogP contribution in [0.15, 0.2) is 60.4 Å². The summed E-state index contributed by atoms with van der Waals surface area (Å²) in [6.07, 6.45) is 7.54. The zero-order valence-corrected chi connectivity index (χ0v) is 12.0. The number of aromatic hydroxyl groups is 1. The smallest absolute Gasteiger partial charge is 0.167 e. The summed E-state index contributed by atoms with van der Waals surface area (Å²) < 4.78 is 0. The van der Waals surface area contributed by atoms with Crippen LogP contribution in [0.25, 0.3) is 5.57 Å². The summed E-state index contributed by atoms with van der Waals surface area (Å²) in [7, 11) is 0. The Hall–Kier alpha value is -2.55. The molecule has 0 saturated heterocycles. The van der Waals surface area contributed by atoms with E-state index in [1.54, 1.807) is 18.2 Å². The highest BCUT2D eigenvalue weighted by atomic mass is 16.3. The van der Waals surface area contributed by atoms with Gasteiger partial charge in [0.05, 0.1) is 0 Å². The summed E-state index contributed by atoms with van der Waals surface area (Å²) in [5.41, 5.74) is 2.67. The van der Waals surface area contributed by atoms with Gasteiger partial charge in [0.25, 0.3) is 0 Å². The highest BCUT2D eigenvalue weighted by molar-refractivity contribution is 6.03. The van der Waals surface area contributed by atoms with Gasteiger partial charge < -0.3 is 10.2 Å². The van der Waals surface area contributed by atoms with Gasteiger partial charge in [-0.3, -0.25) is 4.79 Å². The number of phenols is 1. The Bertz CT molecular complexity index is 676. The second kappa shape index (κ2) is 6.27. The van der Waals surface area contributed by atoms with E-state index in [0.717, 1.165) is 12.0 Å². The second-order valence-electron chi connectivity index (χ2n) is 4.87. The molecule has 0 radical (unpaired) electrons. The maximum atomic E-state index is 12.3. The van der Waals surface area contributed by atoms with Crippen LogP contribution in [0.3, 0.4) is 0 Å². The number of carbonyl (C=O) groups excluding carboxylic acids is 1. The van der Waals surface area contributed by atoms with Crippen LogP contribution in [0.4, 0.5) is 0 Å². The molecule has 108 valence electrons. The van der Waals surface area contributed by atoms with Crippen molar-refractivity contribution in [2.24, 2.45) is 0 Å². The van der Waals surface area contributed by atoms with Crippen LogP contribution in [0.5, 0.6) is 5.75 Å². The quantitative estimate of drug-likeness (QED) is 0.806. The number of allylic oxidation sites excluding steroid dienone is 6. The SMILES string of the molecule is C=C1/C=C\C(O)=C/CC(=O)c2ccc(O)cc2C1=CCC. The lowest BCUT2D eigenvalue weighted by atomic mass is 9.90. The lowest BCUT2D eigenvalue weighted by Crippen LogP contribution is -2.04. The molecule has 2 N–H and O–H groups in total. The van der Waals surface area contributed by atoms with Gasteiger partial charge in [-0.25, -0.2) is 0 Å². The van der Waals surface area contributed by atoms with Crippen LogP contribution >= 0.6 is 0 Å². The van der Waals surface area contributed by atoms with Gasteiger partial charge in [-0.1, -0.05) is 25.7 Å². The van der Waals surface area contributed by atoms with E-state index in [1.165, 1.54) is 18.2 Å². The molecule has 0 aliphatic heterocycles. The summed E-state index contributed by atoms with van der Waals surface area (Å²) in [5.74, 6) is 0.0417. The van der Waals surface area contributed by atoms with Crippen molar-refractivity contribution < 1.29 is 15.0 Å². The number of aliphatic hydroxyl groups is 1. The number of phenolic OH excluding ortho intramolecular Hbond substituents is 1. The van der Waals surface area contributed by atoms with E-state index in [1.807, 2.05) is 13.0 Å². The number of hydrogen-bond acceptors (Lipinski definition) is 3. The number of benzene rings is 1. The van der Waals surface area contributed by atoms with Crippen molar-refractivity contribution in [3.05, 3.63) is 71.5 Å². The number of fused-ring (bicyclic) bond motifs is 1. The minimum Gasteiger partial charge on any atom is -0.508 e. The minimum atomic E-state index is -0.110. The van der Waals surface area contributed by atoms with Crippen molar-refractivity contribution in [2.75, 3.05) is 0 Å². The van der Waals surface area contributed by atoms with Crippen LogP contribution in [-0.4, -0.2) is 16.0 Å². The molecule has 0 bridgehead atoms. The number of aliphatic hydroxyl groups excluding tert-OH is 1. The third kappa shape index (κ3) is 3.31. The van der Waals surface area contributed by atoms with E-state index in [-0.39, 0.29) is 23.7 Å². The predicted octanol–water partition coefficient (Wildman–Crippen LogP) is 4.33. The van der Waals surface area contributed by atoms with Crippen molar-refractivity contribution in [3.8, 4) is 5.75 Å². The summed E-state index contributed by atoms with van der Waals surface area (Å²) in [5, 5.41) is 19.4. The molecule has 0 heterocycles. The molecule has 1 aromatic rings. The lowest BCUT2D eigenvalue weighted by molar-refractivity contribution is 0.0994. The number of carbonyl (C=O) groups is 1. The van der Waals surface area contributed by atoms with Crippen LogP contribution in [-0.2, 0) is 0 Å². The Balaban J connectivity index is 2.69. The molecule has 0 atom stereocenters. The summed E-state index contributed by atoms with van der Waals surface area (Å²) >= 11 is 0. The van der Waals surface area contributed by atoms with E-state index < -0.39 is 0 Å². The largest absolute Gasteiger partial charge is 0.508 e. The van der Waals surface area contributed by atoms with Crippen LogP contribution < -0.4 is 0 Å². The van der Waals surface area contributed by atoms with Gasteiger partial charge in [0.2, 0.25) is 0 Å². The first-order chi connectivity index (χ1) is 10.0. The van der Waals surface area contributed by atoms with Gasteiger partial charge in [-0.2, -0.15) is 0 Å². The van der Waals surface area contributed by atoms with E-state index in [0.29, 0.717) is 16.7 Å². The lowest BCUT2D eigenvalue weighted by Gasteiger charge is -2.14. The molecule has 0 saturated carbocycles. The fourth-order valence-corrected chi connectivity index (χ4v) is 2.27. The third-order valence-electron chi connectivity index (χ3n) is 3.30. The fourth-order valence-electron chi connectivity index (χ4n) is 2.27. The molecule has 21 heavy (non-hydrogen) atoms. The Kier molecular flexibility index (Phi) is 4.43. The Morgan fingerprint density at radius 1 is 1.24 bits per heavy atom. The maximum absolute atomic E-state index is 12.3. The molecule has 1 aromatic carbocycles. The Morgan fingerprint density at radius 2 is 2.00 bits per heavy atom. The third-order valence-corrected chi connectivity index (χ3v) is 3.30. The molecule has 0 unspecified atom stereocenters. The molecule has 3 heteroatoms. The fraction of sp³-hybridized carbons (Fsp3) is 0.167. The average molecular weight is 282 g/mol. The van der Waals surface area contributed by atoms with Crippen LogP contribution in [0.2, 0.25) is 0 Å². The van der Waals surface area contributed by atoms with Crippen LogP contribution in [0, 0.1) is 0 Å². The van der Waals surface area contributed by atoms with Gasteiger partial charge in [0.15, 0.2) is 5.78 Å². The van der Waals surface area contributed by atoms with E-state index in [9.17, 15) is 15.0 Å². The van der Waals surface area contributed by atoms with Crippen molar-refractivity contribution in [1.82, 2.24) is 0 Å². The van der Waals surface area contributed by atoms with Crippen molar-refractivity contribution in [1.29, 1.82) is 0 Å². The number of Topliss-reactive ketones (excluding diaryl/α,β-unsaturated/α-hetero) is 1. The van der Waals surface area contributed by atoms with Crippen LogP contribution in [0.1, 0.15) is 35.7 Å². The van der Waals surface area contributed by atoms with Gasteiger partial charge in [0, 0.05) is 12.0 Å². The molecule has 0 spiro atoms. The molecule has 0 fully saturated rings. The molecular weight excluding hydrogens is 264 g/mol. The molecule has 1 aliphatic rings. The van der Waals surface area contributed by atoms with Crippen molar-refractivity contribution in [2.45, 2.75) is 19.8 Å². The van der Waals surface area contributed by atoms with Gasteiger partial charge in [0.1, 0.15) is 11.5 Å². The number of ketones is 1. The molecular formula is C18H18O3. The summed E-state index contributed by atoms with van der Waals surface area (Å²) in [4.78, 5) is 12.3. The number of hydrogen-bond donors (Lipinski definition) is 2. The van der Waals surface area contributed by atoms with Crippen molar-refractivity contribution in [3.63, 3.8) is 0 Å². The molecule has 0 aromatic heterocycles. The van der Waals surface area contributed by atoms with Gasteiger partial charge >= 0.3 is 0 Å². The standard InChI is InChI=1S/C18H18O3/c1-3-4-15-12(2)5-6-13(19)8-10-18(21)16-9-7-14(20)11-17(15)16/h4-9,11,19-20H,2-3,10H2,1H3/b6-5-,13-8+,15-4?. The average Bonchev–Trinajstić information content (AvgIpc) is 2.47. The molecule has 2 rings (SSSR count). The first kappa shape index (κ1) is 14.9. The molecule has 3 nitrogen and oxygen atoms in total.